The highest BCUT2D eigenvalue weighted by Gasteiger charge is 2.30. The summed E-state index contributed by atoms with van der Waals surface area (Å²) in [6.45, 7) is 6.01. The maximum absolute atomic E-state index is 13.2. The van der Waals surface area contributed by atoms with E-state index in [4.69, 9.17) is 0 Å². The smallest absolute Gasteiger partial charge is 0.330 e. The Morgan fingerprint density at radius 3 is 2.55 bits per heavy atom. The molecule has 3 rings (SSSR count). The minimum atomic E-state index is -4.50. The van der Waals surface area contributed by atoms with Crippen LogP contribution in [0.3, 0.4) is 0 Å². The number of aryl methyl sites for hydroxylation is 1. The Morgan fingerprint density at radius 1 is 1.23 bits per heavy atom. The molecule has 0 unspecified atom stereocenters. The summed E-state index contributed by atoms with van der Waals surface area (Å²) in [5.41, 5.74) is 0.386. The maximum atomic E-state index is 13.2. The second-order valence-electron chi connectivity index (χ2n) is 7.64. The quantitative estimate of drug-likeness (QED) is 0.440. The van der Waals surface area contributed by atoms with Gasteiger partial charge in [0, 0.05) is 17.9 Å². The monoisotopic (exact) mass is 452 g/mol. The van der Waals surface area contributed by atoms with Gasteiger partial charge in [0.2, 0.25) is 5.91 Å². The Balaban J connectivity index is 1.95. The van der Waals surface area contributed by atoms with E-state index in [2.05, 4.69) is 10.3 Å². The van der Waals surface area contributed by atoms with Crippen molar-refractivity contribution < 1.29 is 18.0 Å². The van der Waals surface area contributed by atoms with Crippen LogP contribution >= 0.6 is 11.8 Å². The third kappa shape index (κ3) is 4.95. The summed E-state index contributed by atoms with van der Waals surface area (Å²) in [5.74, 6) is -0.319. The van der Waals surface area contributed by atoms with Crippen LogP contribution in [0.5, 0.6) is 0 Å². The van der Waals surface area contributed by atoms with Crippen LogP contribution < -0.4 is 10.9 Å². The van der Waals surface area contributed by atoms with Gasteiger partial charge < -0.3 is 9.88 Å². The topological polar surface area (TPSA) is 68.9 Å². The highest BCUT2D eigenvalue weighted by molar-refractivity contribution is 7.98. The Morgan fingerprint density at radius 2 is 1.94 bits per heavy atom. The second-order valence-corrected chi connectivity index (χ2v) is 8.41. The molecule has 166 valence electrons. The normalized spacial score (nSPS) is 12.0. The number of alkyl halides is 3. The Kier molecular flexibility index (Phi) is 6.49. The van der Waals surface area contributed by atoms with Crippen LogP contribution in [0, 0.1) is 12.8 Å². The van der Waals surface area contributed by atoms with E-state index in [9.17, 15) is 22.8 Å². The van der Waals surface area contributed by atoms with Gasteiger partial charge in [-0.05, 0) is 43.4 Å². The third-order valence-electron chi connectivity index (χ3n) is 4.68. The van der Waals surface area contributed by atoms with Crippen LogP contribution in [0.15, 0.2) is 40.3 Å². The van der Waals surface area contributed by atoms with E-state index < -0.39 is 17.6 Å². The fraction of sp³-hybridized carbons (Fsp3) is 0.381. The summed E-state index contributed by atoms with van der Waals surface area (Å²) in [7, 11) is 0. The molecule has 10 heteroatoms. The van der Waals surface area contributed by atoms with Crippen molar-refractivity contribution >= 4 is 34.4 Å². The first-order chi connectivity index (χ1) is 14.5. The van der Waals surface area contributed by atoms with Crippen LogP contribution in [0.1, 0.15) is 25.1 Å². The molecule has 0 saturated carbocycles. The molecule has 0 radical (unpaired) electrons. The summed E-state index contributed by atoms with van der Waals surface area (Å²) >= 11 is 1.37. The summed E-state index contributed by atoms with van der Waals surface area (Å²) in [4.78, 5) is 30.4. The zero-order chi connectivity index (χ0) is 22.9. The molecule has 0 aliphatic rings. The molecule has 31 heavy (non-hydrogen) atoms. The predicted octanol–water partition coefficient (Wildman–Crippen LogP) is 4.54. The minimum absolute atomic E-state index is 0.0361. The fourth-order valence-corrected chi connectivity index (χ4v) is 3.92. The highest BCUT2D eigenvalue weighted by Crippen LogP contribution is 2.30. The second kappa shape index (κ2) is 8.78. The molecule has 0 aliphatic carbocycles. The van der Waals surface area contributed by atoms with E-state index in [1.165, 1.54) is 23.9 Å². The highest BCUT2D eigenvalue weighted by atomic mass is 32.2. The van der Waals surface area contributed by atoms with Crippen LogP contribution in [0.2, 0.25) is 0 Å². The molecule has 0 saturated heterocycles. The number of hydrogen-bond acceptors (Lipinski definition) is 4. The number of carbonyl (C=O) groups is 1. The van der Waals surface area contributed by atoms with E-state index in [1.54, 1.807) is 22.1 Å². The maximum Gasteiger partial charge on any atom is 0.416 e. The van der Waals surface area contributed by atoms with E-state index in [-0.39, 0.29) is 23.7 Å². The van der Waals surface area contributed by atoms with Crippen molar-refractivity contribution in [1.82, 2.24) is 14.1 Å². The van der Waals surface area contributed by atoms with Crippen molar-refractivity contribution in [2.24, 2.45) is 5.92 Å². The lowest BCUT2D eigenvalue weighted by molar-refractivity contribution is -0.137. The van der Waals surface area contributed by atoms with E-state index in [1.807, 2.05) is 20.1 Å². The van der Waals surface area contributed by atoms with Gasteiger partial charge in [-0.15, -0.1) is 0 Å². The van der Waals surface area contributed by atoms with Crippen molar-refractivity contribution in [2.75, 3.05) is 11.6 Å². The number of carbonyl (C=O) groups excluding carboxylic acids is 1. The number of benzene rings is 1. The van der Waals surface area contributed by atoms with Crippen molar-refractivity contribution in [3.05, 3.63) is 51.9 Å². The summed E-state index contributed by atoms with van der Waals surface area (Å²) in [6.07, 6.45) is -2.66. The Labute approximate surface area is 181 Å². The van der Waals surface area contributed by atoms with Crippen molar-refractivity contribution in [3.63, 3.8) is 0 Å². The number of thioether (sulfide) groups is 1. The molecule has 0 atom stereocenters. The number of hydrogen-bond donors (Lipinski definition) is 1. The SMILES string of the molecule is CSc1nc2cc(C)n(CC(=O)Nc3cccc(C(F)(F)F)c3)c2c(=O)n1CC(C)C. The number of halogens is 3. The molecule has 0 spiro atoms. The molecule has 0 bridgehead atoms. The number of anilines is 1. The van der Waals surface area contributed by atoms with Crippen molar-refractivity contribution in [2.45, 2.75) is 45.2 Å². The van der Waals surface area contributed by atoms with Crippen molar-refractivity contribution in [3.8, 4) is 0 Å². The number of fused-ring (bicyclic) bond motifs is 1. The van der Waals surface area contributed by atoms with E-state index in [0.29, 0.717) is 28.4 Å². The van der Waals surface area contributed by atoms with Crippen LogP contribution in [0.4, 0.5) is 18.9 Å². The van der Waals surface area contributed by atoms with Crippen LogP contribution in [0.25, 0.3) is 11.0 Å². The first kappa shape index (κ1) is 22.9. The third-order valence-corrected chi connectivity index (χ3v) is 5.36. The van der Waals surface area contributed by atoms with Gasteiger partial charge in [0.05, 0.1) is 11.1 Å². The lowest BCUT2D eigenvalue weighted by Gasteiger charge is -2.14. The summed E-state index contributed by atoms with van der Waals surface area (Å²) < 4.78 is 41.9. The number of nitrogens with one attached hydrogen (secondary N) is 1. The molecule has 3 aromatic rings. The average Bonchev–Trinajstić information content (AvgIpc) is 2.98. The average molecular weight is 453 g/mol. The molecule has 6 nitrogen and oxygen atoms in total. The van der Waals surface area contributed by atoms with E-state index in [0.717, 1.165) is 12.1 Å². The Hall–Kier alpha value is -2.75. The molecule has 0 fully saturated rings. The van der Waals surface area contributed by atoms with Gasteiger partial charge in [0.1, 0.15) is 12.1 Å². The predicted molar refractivity (Wildman–Crippen MR) is 115 cm³/mol. The first-order valence-electron chi connectivity index (χ1n) is 9.63. The zero-order valence-corrected chi connectivity index (χ0v) is 18.4. The molecule has 0 aliphatic heterocycles. The van der Waals surface area contributed by atoms with Gasteiger partial charge in [0.25, 0.3) is 5.56 Å². The van der Waals surface area contributed by atoms with Gasteiger partial charge in [0.15, 0.2) is 5.16 Å². The van der Waals surface area contributed by atoms with Crippen LogP contribution in [-0.4, -0.2) is 26.3 Å². The van der Waals surface area contributed by atoms with Gasteiger partial charge in [-0.2, -0.15) is 13.2 Å². The zero-order valence-electron chi connectivity index (χ0n) is 17.6. The van der Waals surface area contributed by atoms with Gasteiger partial charge >= 0.3 is 6.18 Å². The number of amides is 1. The van der Waals surface area contributed by atoms with E-state index >= 15 is 0 Å². The molecular formula is C21H23F3N4O2S. The number of aromatic nitrogens is 3. The Bertz CT molecular complexity index is 1180. The molecule has 1 amide bonds. The first-order valence-corrected chi connectivity index (χ1v) is 10.9. The molecule has 2 aromatic heterocycles. The fourth-order valence-electron chi connectivity index (χ4n) is 3.35. The molecule has 1 aromatic carbocycles. The van der Waals surface area contributed by atoms with Crippen molar-refractivity contribution in [1.29, 1.82) is 0 Å². The standard InChI is InChI=1S/C21H23F3N4O2S/c1-12(2)10-28-19(30)18-16(26-20(28)31-4)8-13(3)27(18)11-17(29)25-15-7-5-6-14(9-15)21(22,23)24/h5-9,12H,10-11H2,1-4H3,(H,25,29). The molecule has 2 heterocycles. The largest absolute Gasteiger partial charge is 0.416 e. The number of rotatable bonds is 6. The molecular weight excluding hydrogens is 429 g/mol. The lowest BCUT2D eigenvalue weighted by atomic mass is 10.2. The van der Waals surface area contributed by atoms with Gasteiger partial charge in [-0.1, -0.05) is 31.7 Å². The lowest BCUT2D eigenvalue weighted by Crippen LogP contribution is -2.28. The minimum Gasteiger partial charge on any atom is -0.330 e. The van der Waals surface area contributed by atoms with Gasteiger partial charge in [-0.3, -0.25) is 14.2 Å². The van der Waals surface area contributed by atoms with Crippen LogP contribution in [-0.2, 0) is 24.1 Å². The summed E-state index contributed by atoms with van der Waals surface area (Å²) in [6, 6.07) is 6.16. The molecule has 1 N–H and O–H groups in total. The summed E-state index contributed by atoms with van der Waals surface area (Å²) in [5, 5.41) is 3.07. The number of nitrogens with zero attached hydrogens (tertiary/aromatic N) is 3. The van der Waals surface area contributed by atoms with Gasteiger partial charge in [-0.25, -0.2) is 4.98 Å².